The molecule has 5 rings (SSSR count). The quantitative estimate of drug-likeness (QED) is 0.362. The number of nitrogens with zero attached hydrogens (tertiary/aromatic N) is 3. The van der Waals surface area contributed by atoms with Gasteiger partial charge in [-0.2, -0.15) is 0 Å². The molecule has 0 saturated heterocycles. The molecule has 1 unspecified atom stereocenters. The first-order valence-electron chi connectivity index (χ1n) is 9.99. The Bertz CT molecular complexity index is 1480. The van der Waals surface area contributed by atoms with Crippen LogP contribution < -0.4 is 10.3 Å². The molecular weight excluding hydrogens is 469 g/mol. The van der Waals surface area contributed by atoms with Gasteiger partial charge in [-0.25, -0.2) is 0 Å². The standard InChI is InChI=1S/C23H17Cl2N3O3S/c1-4-17-26-27-23(32-17)28-19(12-5-6-14(24)15(25)9-12)18-20(29)13-7-10(2)11(3)8-16(13)31-21(18)22(28)30/h5-9,19H,4H2,1-3H3. The van der Waals surface area contributed by atoms with E-state index < -0.39 is 11.9 Å². The summed E-state index contributed by atoms with van der Waals surface area (Å²) < 4.78 is 6.03. The molecule has 162 valence electrons. The van der Waals surface area contributed by atoms with E-state index in [0.717, 1.165) is 16.1 Å². The number of aromatic nitrogens is 2. The number of carbonyl (C=O) groups excluding carboxylic acids is 1. The number of anilines is 1. The Balaban J connectivity index is 1.82. The predicted molar refractivity (Wildman–Crippen MR) is 126 cm³/mol. The van der Waals surface area contributed by atoms with Gasteiger partial charge in [-0.1, -0.05) is 47.5 Å². The zero-order chi connectivity index (χ0) is 22.7. The molecular formula is C23H17Cl2N3O3S. The first kappa shape index (κ1) is 21.1. The Morgan fingerprint density at radius 1 is 1.06 bits per heavy atom. The van der Waals surface area contributed by atoms with E-state index in [4.69, 9.17) is 27.6 Å². The molecule has 9 heteroatoms. The lowest BCUT2D eigenvalue weighted by atomic mass is 9.97. The maximum absolute atomic E-state index is 13.7. The minimum absolute atomic E-state index is 0.00933. The second kappa shape index (κ2) is 7.69. The Kier molecular flexibility index (Phi) is 5.08. The summed E-state index contributed by atoms with van der Waals surface area (Å²) in [5, 5.41) is 10.7. The van der Waals surface area contributed by atoms with E-state index in [1.54, 1.807) is 30.3 Å². The minimum Gasteiger partial charge on any atom is -0.450 e. The van der Waals surface area contributed by atoms with Crippen molar-refractivity contribution in [2.45, 2.75) is 33.2 Å². The summed E-state index contributed by atoms with van der Waals surface area (Å²) in [5.74, 6) is -0.429. The molecule has 32 heavy (non-hydrogen) atoms. The van der Waals surface area contributed by atoms with Crippen molar-refractivity contribution in [2.24, 2.45) is 0 Å². The lowest BCUT2D eigenvalue weighted by molar-refractivity contribution is 0.0970. The number of aryl methyl sites for hydroxylation is 3. The van der Waals surface area contributed by atoms with Gasteiger partial charge in [-0.05, 0) is 61.2 Å². The molecule has 2 aromatic carbocycles. The number of fused-ring (bicyclic) bond motifs is 2. The molecule has 0 fully saturated rings. The largest absolute Gasteiger partial charge is 0.450 e. The van der Waals surface area contributed by atoms with Gasteiger partial charge in [0.25, 0.3) is 5.91 Å². The summed E-state index contributed by atoms with van der Waals surface area (Å²) in [6.07, 6.45) is 0.684. The van der Waals surface area contributed by atoms with E-state index in [1.165, 1.54) is 16.2 Å². The SMILES string of the molecule is CCc1nnc(N2C(=O)c3oc4cc(C)c(C)cc4c(=O)c3C2c2ccc(Cl)c(Cl)c2)s1. The van der Waals surface area contributed by atoms with Crippen LogP contribution in [0.2, 0.25) is 10.0 Å². The summed E-state index contributed by atoms with van der Waals surface area (Å²) >= 11 is 13.7. The fourth-order valence-electron chi connectivity index (χ4n) is 3.91. The smallest absolute Gasteiger partial charge is 0.297 e. The number of benzene rings is 2. The Hall–Kier alpha value is -2.74. The molecule has 0 radical (unpaired) electrons. The van der Waals surface area contributed by atoms with Crippen LogP contribution in [0.3, 0.4) is 0 Å². The van der Waals surface area contributed by atoms with Gasteiger partial charge >= 0.3 is 0 Å². The van der Waals surface area contributed by atoms with Crippen LogP contribution in [0.25, 0.3) is 11.0 Å². The average molecular weight is 486 g/mol. The zero-order valence-electron chi connectivity index (χ0n) is 17.4. The fourth-order valence-corrected chi connectivity index (χ4v) is 5.02. The fraction of sp³-hybridized carbons (Fsp3) is 0.217. The highest BCUT2D eigenvalue weighted by Crippen LogP contribution is 2.43. The Morgan fingerprint density at radius 3 is 2.50 bits per heavy atom. The molecule has 1 amide bonds. The van der Waals surface area contributed by atoms with Crippen LogP contribution in [0.15, 0.2) is 39.5 Å². The first-order valence-corrected chi connectivity index (χ1v) is 11.6. The van der Waals surface area contributed by atoms with Gasteiger partial charge in [0, 0.05) is 0 Å². The van der Waals surface area contributed by atoms with Gasteiger partial charge in [-0.3, -0.25) is 14.5 Å². The van der Waals surface area contributed by atoms with E-state index in [9.17, 15) is 9.59 Å². The summed E-state index contributed by atoms with van der Waals surface area (Å²) in [6, 6.07) is 7.89. The second-order valence-corrected chi connectivity index (χ2v) is 9.54. The number of hydrogen-bond acceptors (Lipinski definition) is 6. The lowest BCUT2D eigenvalue weighted by Gasteiger charge is -2.22. The predicted octanol–water partition coefficient (Wildman–Crippen LogP) is 5.88. The molecule has 0 spiro atoms. The number of carbonyl (C=O) groups is 1. The van der Waals surface area contributed by atoms with Crippen molar-refractivity contribution < 1.29 is 9.21 Å². The molecule has 1 aliphatic heterocycles. The molecule has 0 bridgehead atoms. The van der Waals surface area contributed by atoms with E-state index in [2.05, 4.69) is 10.2 Å². The third-order valence-electron chi connectivity index (χ3n) is 5.71. The van der Waals surface area contributed by atoms with Crippen molar-refractivity contribution in [3.05, 3.63) is 83.6 Å². The monoisotopic (exact) mass is 485 g/mol. The van der Waals surface area contributed by atoms with Crippen LogP contribution in [-0.2, 0) is 6.42 Å². The maximum atomic E-state index is 13.7. The van der Waals surface area contributed by atoms with Crippen molar-refractivity contribution in [1.29, 1.82) is 0 Å². The van der Waals surface area contributed by atoms with E-state index in [0.29, 0.717) is 38.1 Å². The highest BCUT2D eigenvalue weighted by molar-refractivity contribution is 7.15. The van der Waals surface area contributed by atoms with Gasteiger partial charge in [0.15, 0.2) is 5.43 Å². The number of halogens is 2. The molecule has 0 N–H and O–H groups in total. The highest BCUT2D eigenvalue weighted by atomic mass is 35.5. The Morgan fingerprint density at radius 2 is 1.81 bits per heavy atom. The van der Waals surface area contributed by atoms with Crippen LogP contribution in [0.1, 0.15) is 50.8 Å². The molecule has 0 aliphatic carbocycles. The Labute approximate surface area is 197 Å². The second-order valence-electron chi connectivity index (χ2n) is 7.69. The van der Waals surface area contributed by atoms with Crippen LogP contribution >= 0.6 is 34.5 Å². The third kappa shape index (κ3) is 3.15. The van der Waals surface area contributed by atoms with E-state index >= 15 is 0 Å². The molecule has 0 saturated carbocycles. The summed E-state index contributed by atoms with van der Waals surface area (Å²) in [7, 11) is 0. The molecule has 1 aliphatic rings. The number of hydrogen-bond donors (Lipinski definition) is 0. The summed E-state index contributed by atoms with van der Waals surface area (Å²) in [4.78, 5) is 28.7. The summed E-state index contributed by atoms with van der Waals surface area (Å²) in [6.45, 7) is 5.83. The molecule has 1 atom stereocenters. The van der Waals surface area contributed by atoms with Crippen molar-refractivity contribution in [3.8, 4) is 0 Å². The van der Waals surface area contributed by atoms with Crippen molar-refractivity contribution in [2.75, 3.05) is 4.90 Å². The van der Waals surface area contributed by atoms with Crippen molar-refractivity contribution >= 4 is 56.5 Å². The van der Waals surface area contributed by atoms with Gasteiger partial charge in [0.05, 0.1) is 27.0 Å². The van der Waals surface area contributed by atoms with Crippen LogP contribution in [0.4, 0.5) is 5.13 Å². The molecule has 4 aromatic rings. The van der Waals surface area contributed by atoms with Crippen LogP contribution in [0.5, 0.6) is 0 Å². The van der Waals surface area contributed by atoms with Crippen molar-refractivity contribution in [3.63, 3.8) is 0 Å². The number of amides is 1. The summed E-state index contributed by atoms with van der Waals surface area (Å²) in [5.41, 5.74) is 2.96. The normalized spacial score (nSPS) is 15.6. The maximum Gasteiger partial charge on any atom is 0.297 e. The van der Waals surface area contributed by atoms with E-state index in [-0.39, 0.29) is 16.8 Å². The molecule has 3 heterocycles. The minimum atomic E-state index is -0.757. The number of rotatable bonds is 3. The van der Waals surface area contributed by atoms with Gasteiger partial charge in [-0.15, -0.1) is 10.2 Å². The molecule has 2 aromatic heterocycles. The van der Waals surface area contributed by atoms with Gasteiger partial charge in [0.2, 0.25) is 10.9 Å². The van der Waals surface area contributed by atoms with Gasteiger partial charge < -0.3 is 4.42 Å². The highest BCUT2D eigenvalue weighted by Gasteiger charge is 2.45. The van der Waals surface area contributed by atoms with Gasteiger partial charge in [0.1, 0.15) is 10.6 Å². The van der Waals surface area contributed by atoms with Crippen molar-refractivity contribution in [1.82, 2.24) is 10.2 Å². The topological polar surface area (TPSA) is 76.3 Å². The average Bonchev–Trinajstić information content (AvgIpc) is 3.34. The third-order valence-corrected chi connectivity index (χ3v) is 7.52. The zero-order valence-corrected chi connectivity index (χ0v) is 19.7. The molecule has 6 nitrogen and oxygen atoms in total. The first-order chi connectivity index (χ1) is 15.3. The van der Waals surface area contributed by atoms with E-state index in [1.807, 2.05) is 20.8 Å². The van der Waals surface area contributed by atoms with Crippen LogP contribution in [0, 0.1) is 13.8 Å². The van der Waals surface area contributed by atoms with Crippen LogP contribution in [-0.4, -0.2) is 16.1 Å². The lowest BCUT2D eigenvalue weighted by Crippen LogP contribution is -2.29.